The summed E-state index contributed by atoms with van der Waals surface area (Å²) in [5.74, 6) is 2.78. The first-order valence-electron chi connectivity index (χ1n) is 12.9. The second-order valence-corrected chi connectivity index (χ2v) is 8.89. The number of fused-ring (bicyclic) bond motifs is 1. The van der Waals surface area contributed by atoms with Crippen LogP contribution in [0, 0.1) is 0 Å². The molecular weight excluding hydrogens is 462 g/mol. The summed E-state index contributed by atoms with van der Waals surface area (Å²) in [5, 5.41) is 0. The van der Waals surface area contributed by atoms with E-state index in [9.17, 15) is 0 Å². The fraction of sp³-hybridized carbons (Fsp3) is 0.333. The monoisotopic (exact) mass is 499 g/mol. The number of benzene rings is 3. The highest BCUT2D eigenvalue weighted by Crippen LogP contribution is 2.33. The molecule has 0 amide bonds. The van der Waals surface area contributed by atoms with Crippen molar-refractivity contribution in [1.82, 2.24) is 14.5 Å². The van der Waals surface area contributed by atoms with Gasteiger partial charge in [-0.1, -0.05) is 44.2 Å². The molecule has 37 heavy (non-hydrogen) atoms. The topological polar surface area (TPSA) is 77.9 Å². The summed E-state index contributed by atoms with van der Waals surface area (Å²) in [7, 11) is 3.29. The second-order valence-electron chi connectivity index (χ2n) is 8.89. The normalized spacial score (nSPS) is 11.9. The largest absolute Gasteiger partial charge is 0.493 e. The van der Waals surface area contributed by atoms with Gasteiger partial charge in [0.15, 0.2) is 11.5 Å². The van der Waals surface area contributed by atoms with Gasteiger partial charge in [-0.2, -0.15) is 0 Å². The van der Waals surface area contributed by atoms with E-state index in [1.165, 1.54) is 5.56 Å². The van der Waals surface area contributed by atoms with Gasteiger partial charge in [0.05, 0.1) is 31.8 Å². The molecule has 0 fully saturated rings. The van der Waals surface area contributed by atoms with E-state index in [4.69, 9.17) is 20.2 Å². The molecular formula is C30H37N5O2. The molecule has 4 rings (SSSR count). The number of methoxy groups -OCH3 is 2. The van der Waals surface area contributed by atoms with E-state index in [-0.39, 0.29) is 0 Å². The number of imidazole rings is 1. The predicted octanol–water partition coefficient (Wildman–Crippen LogP) is 5.01. The van der Waals surface area contributed by atoms with Gasteiger partial charge >= 0.3 is 0 Å². The molecule has 0 bridgehead atoms. The summed E-state index contributed by atoms with van der Waals surface area (Å²) in [5.41, 5.74) is 11.5. The van der Waals surface area contributed by atoms with E-state index in [1.807, 2.05) is 36.4 Å². The molecule has 1 heterocycles. The third kappa shape index (κ3) is 6.12. The van der Waals surface area contributed by atoms with E-state index < -0.39 is 0 Å². The Morgan fingerprint density at radius 3 is 2.41 bits per heavy atom. The lowest BCUT2D eigenvalue weighted by molar-refractivity contribution is 0.313. The number of ether oxygens (including phenoxy) is 2. The number of aryl methyl sites for hydroxylation is 2. The van der Waals surface area contributed by atoms with Gasteiger partial charge in [0.25, 0.3) is 0 Å². The molecule has 0 radical (unpaired) electrons. The number of likely N-dealkylation sites (N-methyl/N-ethyl adjacent to an activating group) is 1. The van der Waals surface area contributed by atoms with Crippen LogP contribution in [0.2, 0.25) is 0 Å². The lowest BCUT2D eigenvalue weighted by Crippen LogP contribution is -2.26. The zero-order chi connectivity index (χ0) is 26.2. The van der Waals surface area contributed by atoms with Gasteiger partial charge in [0.2, 0.25) is 0 Å². The maximum atomic E-state index is 6.38. The maximum Gasteiger partial charge on any atom is 0.161 e. The van der Waals surface area contributed by atoms with Gasteiger partial charge < -0.3 is 24.7 Å². The number of rotatable bonds is 12. The van der Waals surface area contributed by atoms with Gasteiger partial charge in [-0.05, 0) is 61.5 Å². The number of aliphatic imine (C=N–C) groups is 1. The molecule has 0 aliphatic rings. The quantitative estimate of drug-likeness (QED) is 0.219. The van der Waals surface area contributed by atoms with Crippen LogP contribution in [0.4, 0.5) is 0 Å². The summed E-state index contributed by atoms with van der Waals surface area (Å²) in [6.07, 6.45) is 0.892. The predicted molar refractivity (Wildman–Crippen MR) is 152 cm³/mol. The molecule has 1 aromatic heterocycles. The van der Waals surface area contributed by atoms with Gasteiger partial charge in [-0.25, -0.2) is 4.98 Å². The number of amidine groups is 1. The minimum atomic E-state index is 0.542. The Bertz CT molecular complexity index is 1340. The van der Waals surface area contributed by atoms with Gasteiger partial charge in [0, 0.05) is 24.2 Å². The number of hydrogen-bond donors (Lipinski definition) is 1. The summed E-state index contributed by atoms with van der Waals surface area (Å²) in [4.78, 5) is 12.0. The molecule has 4 aromatic rings. The summed E-state index contributed by atoms with van der Waals surface area (Å²) < 4.78 is 13.3. The molecule has 194 valence electrons. The number of nitrogens with two attached hydrogens (primary N) is 1. The minimum absolute atomic E-state index is 0.542. The third-order valence-corrected chi connectivity index (χ3v) is 6.75. The molecule has 0 unspecified atom stereocenters. The number of nitrogens with zero attached hydrogens (tertiary/aromatic N) is 4. The highest BCUT2D eigenvalue weighted by atomic mass is 16.5. The van der Waals surface area contributed by atoms with Gasteiger partial charge in [-0.15, -0.1) is 0 Å². The van der Waals surface area contributed by atoms with Crippen LogP contribution in [-0.2, 0) is 13.0 Å². The zero-order valence-corrected chi connectivity index (χ0v) is 22.3. The van der Waals surface area contributed by atoms with Crippen molar-refractivity contribution in [3.8, 4) is 22.9 Å². The van der Waals surface area contributed by atoms with Crippen molar-refractivity contribution in [1.29, 1.82) is 0 Å². The standard InChI is InChI=1S/C30H37N5O2/c1-5-34(6-2)19-17-32-29(31)23-12-14-26-25(20-23)33-30(24-13-15-27(36-3)28(21-24)37-4)35(26)18-16-22-10-8-7-9-11-22/h7-15,20-21H,5-6,16-19H2,1-4H3,(H2,31,32). The summed E-state index contributed by atoms with van der Waals surface area (Å²) in [6, 6.07) is 22.6. The van der Waals surface area contributed by atoms with Crippen molar-refractivity contribution in [2.45, 2.75) is 26.8 Å². The fourth-order valence-electron chi connectivity index (χ4n) is 4.54. The van der Waals surface area contributed by atoms with Crippen LogP contribution in [-0.4, -0.2) is 60.7 Å². The molecule has 0 saturated heterocycles. The Morgan fingerprint density at radius 1 is 0.946 bits per heavy atom. The average molecular weight is 500 g/mol. The van der Waals surface area contributed by atoms with Crippen LogP contribution in [0.1, 0.15) is 25.0 Å². The second kappa shape index (κ2) is 12.4. The fourth-order valence-corrected chi connectivity index (χ4v) is 4.54. The highest BCUT2D eigenvalue weighted by Gasteiger charge is 2.16. The molecule has 0 aliphatic heterocycles. The van der Waals surface area contributed by atoms with Crippen molar-refractivity contribution in [2.24, 2.45) is 10.7 Å². The Balaban J connectivity index is 1.71. The minimum Gasteiger partial charge on any atom is -0.493 e. The Labute approximate surface area is 219 Å². The first-order valence-corrected chi connectivity index (χ1v) is 12.9. The Kier molecular flexibility index (Phi) is 8.80. The molecule has 3 aromatic carbocycles. The van der Waals surface area contributed by atoms with Crippen LogP contribution in [0.3, 0.4) is 0 Å². The molecule has 0 spiro atoms. The van der Waals surface area contributed by atoms with Gasteiger partial charge in [-0.3, -0.25) is 4.99 Å². The average Bonchev–Trinajstić information content (AvgIpc) is 3.32. The smallest absolute Gasteiger partial charge is 0.161 e. The van der Waals surface area contributed by atoms with Crippen molar-refractivity contribution < 1.29 is 9.47 Å². The van der Waals surface area contributed by atoms with Crippen LogP contribution in [0.25, 0.3) is 22.4 Å². The lowest BCUT2D eigenvalue weighted by Gasteiger charge is -2.16. The van der Waals surface area contributed by atoms with Crippen LogP contribution >= 0.6 is 0 Å². The first-order chi connectivity index (χ1) is 18.1. The van der Waals surface area contributed by atoms with Crippen molar-refractivity contribution in [2.75, 3.05) is 40.4 Å². The van der Waals surface area contributed by atoms with E-state index in [1.54, 1.807) is 14.2 Å². The molecule has 2 N–H and O–H groups in total. The zero-order valence-electron chi connectivity index (χ0n) is 22.3. The van der Waals surface area contributed by atoms with Crippen molar-refractivity contribution in [3.63, 3.8) is 0 Å². The summed E-state index contributed by atoms with van der Waals surface area (Å²) >= 11 is 0. The van der Waals surface area contributed by atoms with E-state index >= 15 is 0 Å². The van der Waals surface area contributed by atoms with E-state index in [0.29, 0.717) is 23.9 Å². The van der Waals surface area contributed by atoms with Crippen LogP contribution in [0.15, 0.2) is 71.7 Å². The Morgan fingerprint density at radius 2 is 1.70 bits per heavy atom. The summed E-state index contributed by atoms with van der Waals surface area (Å²) in [6.45, 7) is 8.70. The third-order valence-electron chi connectivity index (χ3n) is 6.75. The molecule has 0 saturated carbocycles. The van der Waals surface area contributed by atoms with Gasteiger partial charge in [0.1, 0.15) is 11.7 Å². The lowest BCUT2D eigenvalue weighted by atomic mass is 10.1. The molecule has 0 atom stereocenters. The van der Waals surface area contributed by atoms with Crippen molar-refractivity contribution >= 4 is 16.9 Å². The number of hydrogen-bond acceptors (Lipinski definition) is 5. The maximum absolute atomic E-state index is 6.38. The van der Waals surface area contributed by atoms with Crippen LogP contribution in [0.5, 0.6) is 11.5 Å². The molecule has 0 aliphatic carbocycles. The molecule has 7 nitrogen and oxygen atoms in total. The SMILES string of the molecule is CCN(CC)CCN=C(N)c1ccc2c(c1)nc(-c1ccc(OC)c(OC)c1)n2CCc1ccccc1. The van der Waals surface area contributed by atoms with E-state index in [0.717, 1.165) is 60.6 Å². The first kappa shape index (κ1) is 26.2. The Hall–Kier alpha value is -3.84. The molecule has 7 heteroatoms. The number of aromatic nitrogens is 2. The van der Waals surface area contributed by atoms with E-state index in [2.05, 4.69) is 58.6 Å². The highest BCUT2D eigenvalue weighted by molar-refractivity contribution is 6.00. The van der Waals surface area contributed by atoms with Crippen molar-refractivity contribution in [3.05, 3.63) is 77.9 Å². The van der Waals surface area contributed by atoms with Crippen LogP contribution < -0.4 is 15.2 Å².